The van der Waals surface area contributed by atoms with Crippen LogP contribution in [0.15, 0.2) is 0 Å². The molecule has 0 N–H and O–H groups in total. The summed E-state index contributed by atoms with van der Waals surface area (Å²) in [5.41, 5.74) is 0. The summed E-state index contributed by atoms with van der Waals surface area (Å²) < 4.78 is 0. The molecule has 1 radical (unpaired) electrons. The number of hydrogen-bond acceptors (Lipinski definition) is 3. The SMILES string of the molecule is O=[C]C1CCCCCCCCSS1. The summed E-state index contributed by atoms with van der Waals surface area (Å²) in [5, 5.41) is 0.128. The molecule has 1 heterocycles. The minimum atomic E-state index is 0.128. The van der Waals surface area contributed by atoms with Gasteiger partial charge in [-0.15, -0.1) is 0 Å². The third-order valence-corrected chi connectivity index (χ3v) is 5.02. The van der Waals surface area contributed by atoms with Gasteiger partial charge in [-0.3, -0.25) is 4.79 Å². The van der Waals surface area contributed by atoms with Gasteiger partial charge >= 0.3 is 0 Å². The lowest BCUT2D eigenvalue weighted by Gasteiger charge is -2.06. The van der Waals surface area contributed by atoms with Crippen LogP contribution in [0.25, 0.3) is 0 Å². The fraction of sp³-hybridized carbons (Fsp3) is 0.900. The Balaban J connectivity index is 2.22. The maximum Gasteiger partial charge on any atom is 0.213 e. The van der Waals surface area contributed by atoms with Crippen molar-refractivity contribution in [2.75, 3.05) is 5.75 Å². The topological polar surface area (TPSA) is 17.1 Å². The van der Waals surface area contributed by atoms with Crippen LogP contribution in [0.4, 0.5) is 0 Å². The molecule has 0 amide bonds. The summed E-state index contributed by atoms with van der Waals surface area (Å²) in [6.45, 7) is 0. The minimum Gasteiger partial charge on any atom is -0.290 e. The van der Waals surface area contributed by atoms with Crippen molar-refractivity contribution in [1.82, 2.24) is 0 Å². The van der Waals surface area contributed by atoms with Crippen molar-refractivity contribution >= 4 is 27.9 Å². The molecule has 0 saturated carbocycles. The zero-order valence-corrected chi connectivity index (χ0v) is 9.59. The lowest BCUT2D eigenvalue weighted by Crippen LogP contribution is -2.01. The van der Waals surface area contributed by atoms with E-state index in [-0.39, 0.29) is 5.25 Å². The van der Waals surface area contributed by atoms with Gasteiger partial charge in [0.15, 0.2) is 0 Å². The van der Waals surface area contributed by atoms with Crippen molar-refractivity contribution in [1.29, 1.82) is 0 Å². The highest BCUT2D eigenvalue weighted by molar-refractivity contribution is 8.77. The first kappa shape index (κ1) is 11.4. The fourth-order valence-corrected chi connectivity index (χ4v) is 3.88. The van der Waals surface area contributed by atoms with Crippen LogP contribution in [0.2, 0.25) is 0 Å². The summed E-state index contributed by atoms with van der Waals surface area (Å²) >= 11 is 0. The van der Waals surface area contributed by atoms with Crippen molar-refractivity contribution in [2.45, 2.75) is 50.2 Å². The Hall–Kier alpha value is 0.370. The molecule has 0 aromatic rings. The standard InChI is InChI=1S/C10H17OS2/c11-9-10-7-5-3-1-2-4-6-8-12-13-10/h10H,1-8H2. The van der Waals surface area contributed by atoms with E-state index in [2.05, 4.69) is 6.29 Å². The van der Waals surface area contributed by atoms with Gasteiger partial charge in [-0.25, -0.2) is 0 Å². The van der Waals surface area contributed by atoms with E-state index in [0.29, 0.717) is 0 Å². The summed E-state index contributed by atoms with van der Waals surface area (Å²) in [6, 6.07) is 0. The van der Waals surface area contributed by atoms with E-state index >= 15 is 0 Å². The van der Waals surface area contributed by atoms with E-state index in [4.69, 9.17) is 0 Å². The van der Waals surface area contributed by atoms with E-state index in [0.717, 1.165) is 6.42 Å². The lowest BCUT2D eigenvalue weighted by molar-refractivity contribution is 0.544. The zero-order valence-electron chi connectivity index (χ0n) is 7.96. The van der Waals surface area contributed by atoms with E-state index in [9.17, 15) is 4.79 Å². The molecule has 1 atom stereocenters. The molecule has 1 unspecified atom stereocenters. The normalized spacial score (nSPS) is 27.5. The lowest BCUT2D eigenvalue weighted by atomic mass is 10.1. The second-order valence-electron chi connectivity index (χ2n) is 3.43. The molecule has 1 aliphatic heterocycles. The highest BCUT2D eigenvalue weighted by Gasteiger charge is 2.09. The highest BCUT2D eigenvalue weighted by Crippen LogP contribution is 2.30. The van der Waals surface area contributed by atoms with Gasteiger partial charge in [0.1, 0.15) is 0 Å². The second-order valence-corrected chi connectivity index (χ2v) is 6.12. The van der Waals surface area contributed by atoms with Crippen LogP contribution < -0.4 is 0 Å². The van der Waals surface area contributed by atoms with Crippen molar-refractivity contribution in [3.05, 3.63) is 0 Å². The van der Waals surface area contributed by atoms with Crippen LogP contribution in [0.5, 0.6) is 0 Å². The van der Waals surface area contributed by atoms with Gasteiger partial charge in [0.25, 0.3) is 0 Å². The Morgan fingerprint density at radius 1 is 1.00 bits per heavy atom. The quantitative estimate of drug-likeness (QED) is 0.625. The molecule has 3 heteroatoms. The molecular weight excluding hydrogens is 200 g/mol. The molecule has 1 saturated heterocycles. The maximum atomic E-state index is 10.5. The maximum absolute atomic E-state index is 10.5. The Morgan fingerprint density at radius 3 is 2.46 bits per heavy atom. The highest BCUT2D eigenvalue weighted by atomic mass is 33.1. The third kappa shape index (κ3) is 5.63. The van der Waals surface area contributed by atoms with Crippen molar-refractivity contribution < 1.29 is 4.79 Å². The largest absolute Gasteiger partial charge is 0.290 e. The third-order valence-electron chi connectivity index (χ3n) is 2.26. The van der Waals surface area contributed by atoms with Crippen LogP contribution in [0, 0.1) is 0 Å². The number of carbonyl (C=O) groups excluding carboxylic acids is 1. The molecule has 75 valence electrons. The smallest absolute Gasteiger partial charge is 0.213 e. The Labute approximate surface area is 88.8 Å². The molecule has 0 aromatic carbocycles. The Kier molecular flexibility index (Phi) is 6.82. The number of hydrogen-bond donors (Lipinski definition) is 0. The van der Waals surface area contributed by atoms with Crippen LogP contribution in [0.1, 0.15) is 44.9 Å². The van der Waals surface area contributed by atoms with Gasteiger partial charge in [-0.2, -0.15) is 0 Å². The molecule has 13 heavy (non-hydrogen) atoms. The Bertz CT molecular complexity index is 127. The van der Waals surface area contributed by atoms with E-state index in [1.165, 1.54) is 44.3 Å². The van der Waals surface area contributed by atoms with Crippen LogP contribution in [-0.4, -0.2) is 17.3 Å². The summed E-state index contributed by atoms with van der Waals surface area (Å²) in [5.74, 6) is 1.20. The van der Waals surface area contributed by atoms with Gasteiger partial charge < -0.3 is 0 Å². The van der Waals surface area contributed by atoms with Crippen molar-refractivity contribution in [3.63, 3.8) is 0 Å². The molecule has 0 bridgehead atoms. The summed E-state index contributed by atoms with van der Waals surface area (Å²) in [4.78, 5) is 10.5. The number of rotatable bonds is 1. The fourth-order valence-electron chi connectivity index (χ4n) is 1.45. The van der Waals surface area contributed by atoms with E-state index < -0.39 is 0 Å². The second kappa shape index (κ2) is 7.74. The van der Waals surface area contributed by atoms with Gasteiger partial charge in [0.2, 0.25) is 6.29 Å². The minimum absolute atomic E-state index is 0.128. The van der Waals surface area contributed by atoms with Crippen molar-refractivity contribution in [2.24, 2.45) is 0 Å². The van der Waals surface area contributed by atoms with Crippen molar-refractivity contribution in [3.8, 4) is 0 Å². The summed E-state index contributed by atoms with van der Waals surface area (Å²) in [6.07, 6.45) is 11.1. The van der Waals surface area contributed by atoms with Crippen LogP contribution in [0.3, 0.4) is 0 Å². The predicted molar refractivity (Wildman–Crippen MR) is 61.8 cm³/mol. The van der Waals surface area contributed by atoms with Gasteiger partial charge in [0.05, 0.1) is 5.25 Å². The first-order valence-corrected chi connectivity index (χ1v) is 7.47. The monoisotopic (exact) mass is 217 g/mol. The molecule has 1 nitrogen and oxygen atoms in total. The van der Waals surface area contributed by atoms with Gasteiger partial charge in [-0.05, 0) is 12.8 Å². The first-order valence-electron chi connectivity index (χ1n) is 5.09. The first-order chi connectivity index (χ1) is 6.43. The van der Waals surface area contributed by atoms with Crippen LogP contribution >= 0.6 is 21.6 Å². The zero-order chi connectivity index (χ0) is 9.36. The van der Waals surface area contributed by atoms with Gasteiger partial charge in [0, 0.05) is 5.75 Å². The average Bonchev–Trinajstić information content (AvgIpc) is 2.22. The summed E-state index contributed by atoms with van der Waals surface area (Å²) in [7, 11) is 3.57. The van der Waals surface area contributed by atoms with Gasteiger partial charge in [-0.1, -0.05) is 53.7 Å². The molecular formula is C10H17OS2. The Morgan fingerprint density at radius 2 is 1.69 bits per heavy atom. The average molecular weight is 217 g/mol. The van der Waals surface area contributed by atoms with E-state index in [1.54, 1.807) is 10.8 Å². The van der Waals surface area contributed by atoms with E-state index in [1.807, 2.05) is 10.8 Å². The predicted octanol–water partition coefficient (Wildman–Crippen LogP) is 3.59. The molecule has 0 aromatic heterocycles. The molecule has 1 fully saturated rings. The van der Waals surface area contributed by atoms with Crippen LogP contribution in [-0.2, 0) is 4.79 Å². The molecule has 1 aliphatic rings. The molecule has 0 aliphatic carbocycles. The molecule has 0 spiro atoms. The molecule has 1 rings (SSSR count).